The Balaban J connectivity index is 1.76. The van der Waals surface area contributed by atoms with Gasteiger partial charge in [-0.3, -0.25) is 14.4 Å². The summed E-state index contributed by atoms with van der Waals surface area (Å²) < 4.78 is 11.8. The number of rotatable bonds is 1. The molecule has 152 valence electrons. The molecule has 2 heterocycles. The van der Waals surface area contributed by atoms with Crippen LogP contribution in [0, 0.1) is 34.0 Å². The number of carbonyl (C=O) groups excluding carboxylic acids is 3. The maximum atomic E-state index is 13.9. The van der Waals surface area contributed by atoms with Crippen LogP contribution in [0.4, 0.5) is 0 Å². The predicted octanol–water partition coefficient (Wildman–Crippen LogP) is 1.83. The molecule has 6 fully saturated rings. The SMILES string of the molecule is C=C1[C@@H]2CC[C@@H]3[C@](C2)(C(=O)[C@@H](OC(C)=O)[C@@H]2C(C)(C)[C@H]4CC(=O)[C@@]32CO4)[C@@H]1O. The molecule has 2 aliphatic heterocycles. The van der Waals surface area contributed by atoms with Crippen LogP contribution < -0.4 is 0 Å². The molecule has 8 atom stereocenters. The predicted molar refractivity (Wildman–Crippen MR) is 98.0 cm³/mol. The molecule has 0 aromatic heterocycles. The number of ketones is 2. The summed E-state index contributed by atoms with van der Waals surface area (Å²) in [6.45, 7) is 9.63. The third-order valence-corrected chi connectivity index (χ3v) is 8.91. The fourth-order valence-corrected chi connectivity index (χ4v) is 7.80. The molecule has 28 heavy (non-hydrogen) atoms. The van der Waals surface area contributed by atoms with Gasteiger partial charge in [-0.1, -0.05) is 20.4 Å². The first-order valence-corrected chi connectivity index (χ1v) is 10.3. The van der Waals surface area contributed by atoms with E-state index in [0.717, 1.165) is 6.42 Å². The lowest BCUT2D eigenvalue weighted by Gasteiger charge is -2.68. The van der Waals surface area contributed by atoms with E-state index in [1.807, 2.05) is 13.8 Å². The Morgan fingerprint density at radius 2 is 1.96 bits per heavy atom. The fourth-order valence-electron chi connectivity index (χ4n) is 7.80. The topological polar surface area (TPSA) is 89.9 Å². The lowest BCUT2D eigenvalue weighted by atomic mass is 9.37. The van der Waals surface area contributed by atoms with Gasteiger partial charge in [-0.25, -0.2) is 0 Å². The summed E-state index contributed by atoms with van der Waals surface area (Å²) in [6, 6.07) is 0. The third-order valence-electron chi connectivity index (χ3n) is 8.91. The van der Waals surface area contributed by atoms with Crippen molar-refractivity contribution in [3.05, 3.63) is 12.2 Å². The second-order valence-corrected chi connectivity index (χ2v) is 10.2. The van der Waals surface area contributed by atoms with Crippen LogP contribution in [0.3, 0.4) is 0 Å². The number of hydrogen-bond acceptors (Lipinski definition) is 6. The second kappa shape index (κ2) is 5.33. The van der Waals surface area contributed by atoms with Crippen molar-refractivity contribution in [1.82, 2.24) is 0 Å². The maximum Gasteiger partial charge on any atom is 0.303 e. The van der Waals surface area contributed by atoms with Gasteiger partial charge in [0.15, 0.2) is 11.9 Å². The van der Waals surface area contributed by atoms with Gasteiger partial charge in [0, 0.05) is 19.3 Å². The lowest BCUT2D eigenvalue weighted by molar-refractivity contribution is -0.276. The molecule has 6 heteroatoms. The first-order valence-electron chi connectivity index (χ1n) is 10.3. The molecule has 1 N–H and O–H groups in total. The van der Waals surface area contributed by atoms with E-state index < -0.39 is 40.3 Å². The van der Waals surface area contributed by atoms with Crippen LogP contribution in [0.5, 0.6) is 0 Å². The van der Waals surface area contributed by atoms with Gasteiger partial charge in [0.25, 0.3) is 0 Å². The summed E-state index contributed by atoms with van der Waals surface area (Å²) in [5.41, 5.74) is -1.80. The quantitative estimate of drug-likeness (QED) is 0.545. The standard InChI is InChI=1S/C22H28O6/c1-10-12-5-6-13-21(8-12,18(10)25)19(26)16(28-11(2)23)17-20(3,4)15-7-14(24)22(13,17)9-27-15/h12-13,15-18,25H,1,5-9H2,2-4H3/t12-,13-,15-,16+,17-,18-,21+,22-/m1/s1. The van der Waals surface area contributed by atoms with Gasteiger partial charge in [0.2, 0.25) is 0 Å². The van der Waals surface area contributed by atoms with Gasteiger partial charge in [-0.05, 0) is 42.1 Å². The van der Waals surface area contributed by atoms with Crippen LogP contribution >= 0.6 is 0 Å². The van der Waals surface area contributed by atoms with Gasteiger partial charge in [-0.15, -0.1) is 0 Å². The van der Waals surface area contributed by atoms with Crippen molar-refractivity contribution in [1.29, 1.82) is 0 Å². The van der Waals surface area contributed by atoms with Gasteiger partial charge in [0.05, 0.1) is 29.6 Å². The minimum atomic E-state index is -1.10. The first-order chi connectivity index (χ1) is 13.1. The Labute approximate surface area is 164 Å². The van der Waals surface area contributed by atoms with Gasteiger partial charge >= 0.3 is 5.97 Å². The van der Waals surface area contributed by atoms with Crippen LogP contribution in [0.15, 0.2) is 12.2 Å². The highest BCUT2D eigenvalue weighted by atomic mass is 16.5. The molecule has 2 spiro atoms. The fraction of sp³-hybridized carbons (Fsp3) is 0.773. The van der Waals surface area contributed by atoms with E-state index in [1.54, 1.807) is 0 Å². The number of esters is 1. The average Bonchev–Trinajstić information content (AvgIpc) is 2.81. The molecule has 0 unspecified atom stereocenters. The Morgan fingerprint density at radius 3 is 2.61 bits per heavy atom. The largest absolute Gasteiger partial charge is 0.454 e. The normalized spacial score (nSPS) is 50.9. The highest BCUT2D eigenvalue weighted by molar-refractivity contribution is 5.99. The third kappa shape index (κ3) is 1.80. The molecule has 2 saturated heterocycles. The number of aliphatic hydroxyl groups is 1. The zero-order valence-electron chi connectivity index (χ0n) is 16.7. The van der Waals surface area contributed by atoms with E-state index in [9.17, 15) is 19.5 Å². The Morgan fingerprint density at radius 1 is 1.25 bits per heavy atom. The number of carbonyl (C=O) groups is 3. The van der Waals surface area contributed by atoms with E-state index in [1.165, 1.54) is 6.92 Å². The summed E-state index contributed by atoms with van der Waals surface area (Å²) in [6.07, 6.45) is -0.00521. The maximum absolute atomic E-state index is 13.9. The molecule has 4 aliphatic carbocycles. The number of Topliss-reactive ketones (excluding diaryl/α,β-unsaturated/α-hetero) is 2. The van der Waals surface area contributed by atoms with E-state index in [0.29, 0.717) is 24.8 Å². The molecule has 0 aromatic carbocycles. The zero-order valence-corrected chi connectivity index (χ0v) is 16.7. The van der Waals surface area contributed by atoms with Crippen LogP contribution in [-0.4, -0.2) is 47.6 Å². The molecular weight excluding hydrogens is 360 g/mol. The van der Waals surface area contributed by atoms with Crippen molar-refractivity contribution in [3.63, 3.8) is 0 Å². The van der Waals surface area contributed by atoms with Gasteiger partial charge < -0.3 is 14.6 Å². The zero-order chi connectivity index (χ0) is 20.2. The number of fused-ring (bicyclic) bond motifs is 3. The van der Waals surface area contributed by atoms with Crippen molar-refractivity contribution in [2.24, 2.45) is 34.0 Å². The molecule has 4 saturated carbocycles. The summed E-state index contributed by atoms with van der Waals surface area (Å²) in [7, 11) is 0. The second-order valence-electron chi connectivity index (χ2n) is 10.2. The summed E-state index contributed by atoms with van der Waals surface area (Å²) >= 11 is 0. The molecule has 4 bridgehead atoms. The van der Waals surface area contributed by atoms with E-state index in [2.05, 4.69) is 6.58 Å². The van der Waals surface area contributed by atoms with Gasteiger partial charge in [-0.2, -0.15) is 0 Å². The van der Waals surface area contributed by atoms with E-state index >= 15 is 0 Å². The minimum Gasteiger partial charge on any atom is -0.454 e. The minimum absolute atomic E-state index is 0.0742. The summed E-state index contributed by atoms with van der Waals surface area (Å²) in [5.74, 6) is -1.30. The van der Waals surface area contributed by atoms with Crippen molar-refractivity contribution in [3.8, 4) is 0 Å². The van der Waals surface area contributed by atoms with Crippen molar-refractivity contribution >= 4 is 17.5 Å². The van der Waals surface area contributed by atoms with Crippen molar-refractivity contribution < 1.29 is 29.0 Å². The van der Waals surface area contributed by atoms with Crippen molar-refractivity contribution in [2.75, 3.05) is 6.61 Å². The van der Waals surface area contributed by atoms with Crippen LogP contribution in [0.1, 0.15) is 46.5 Å². The number of hydrogen-bond donors (Lipinski definition) is 1. The van der Waals surface area contributed by atoms with Crippen LogP contribution in [0.25, 0.3) is 0 Å². The first kappa shape index (κ1) is 18.5. The Hall–Kier alpha value is -1.53. The lowest BCUT2D eigenvalue weighted by Crippen LogP contribution is -2.77. The highest BCUT2D eigenvalue weighted by Gasteiger charge is 2.79. The Kier molecular flexibility index (Phi) is 3.52. The molecule has 6 rings (SSSR count). The smallest absolute Gasteiger partial charge is 0.303 e. The van der Waals surface area contributed by atoms with E-state index in [4.69, 9.17) is 9.47 Å². The molecular formula is C22H28O6. The van der Waals surface area contributed by atoms with E-state index in [-0.39, 0.29) is 36.1 Å². The molecule has 0 radical (unpaired) electrons. The van der Waals surface area contributed by atoms with Crippen LogP contribution in [0.2, 0.25) is 0 Å². The molecule has 6 aliphatic rings. The van der Waals surface area contributed by atoms with Crippen LogP contribution in [-0.2, 0) is 23.9 Å². The summed E-state index contributed by atoms with van der Waals surface area (Å²) in [5, 5.41) is 11.2. The molecule has 0 aromatic rings. The van der Waals surface area contributed by atoms with Crippen molar-refractivity contribution in [2.45, 2.75) is 64.8 Å². The number of aliphatic hydroxyl groups excluding tert-OH is 1. The monoisotopic (exact) mass is 388 g/mol. The number of ether oxygens (including phenoxy) is 2. The Bertz CT molecular complexity index is 814. The summed E-state index contributed by atoms with van der Waals surface area (Å²) in [4.78, 5) is 39.4. The highest BCUT2D eigenvalue weighted by Crippen LogP contribution is 2.72. The molecule has 6 nitrogen and oxygen atoms in total. The van der Waals surface area contributed by atoms with Gasteiger partial charge in [0.1, 0.15) is 5.78 Å². The average molecular weight is 388 g/mol. The molecule has 0 amide bonds.